The summed E-state index contributed by atoms with van der Waals surface area (Å²) >= 11 is 0. The number of likely N-dealkylation sites (N-methyl/N-ethyl adjacent to an activating group) is 1. The first-order valence-electron chi connectivity index (χ1n) is 7.27. The van der Waals surface area contributed by atoms with Gasteiger partial charge in [-0.25, -0.2) is 0 Å². The summed E-state index contributed by atoms with van der Waals surface area (Å²) in [5, 5.41) is 9.86. The van der Waals surface area contributed by atoms with Crippen LogP contribution in [-0.4, -0.2) is 60.3 Å². The molecule has 0 radical (unpaired) electrons. The molecule has 1 saturated carbocycles. The maximum absolute atomic E-state index is 9.86. The van der Waals surface area contributed by atoms with Gasteiger partial charge in [-0.05, 0) is 65.2 Å². The molecule has 0 spiro atoms. The van der Waals surface area contributed by atoms with E-state index in [4.69, 9.17) is 0 Å². The van der Waals surface area contributed by atoms with E-state index >= 15 is 0 Å². The normalized spacial score (nSPS) is 37.2. The fraction of sp³-hybridized carbons (Fsp3) is 1.00. The highest BCUT2D eigenvalue weighted by molar-refractivity contribution is 4.80. The second-order valence-electron chi connectivity index (χ2n) is 6.05. The van der Waals surface area contributed by atoms with Gasteiger partial charge in [0.2, 0.25) is 0 Å². The highest BCUT2D eigenvalue weighted by Gasteiger charge is 2.26. The van der Waals surface area contributed by atoms with Crippen molar-refractivity contribution in [3.8, 4) is 0 Å². The largest absolute Gasteiger partial charge is 0.393 e. The molecule has 2 rings (SSSR count). The van der Waals surface area contributed by atoms with E-state index in [9.17, 15) is 5.11 Å². The molecule has 2 fully saturated rings. The van der Waals surface area contributed by atoms with Crippen LogP contribution in [0.2, 0.25) is 0 Å². The van der Waals surface area contributed by atoms with Crippen molar-refractivity contribution >= 4 is 0 Å². The summed E-state index contributed by atoms with van der Waals surface area (Å²) in [6.07, 6.45) is 5.96. The molecule has 100 valence electrons. The van der Waals surface area contributed by atoms with Crippen LogP contribution in [0.5, 0.6) is 0 Å². The van der Waals surface area contributed by atoms with Crippen molar-refractivity contribution in [1.82, 2.24) is 9.80 Å². The minimum absolute atomic E-state index is 0.0139. The summed E-state index contributed by atoms with van der Waals surface area (Å²) in [4.78, 5) is 5.06. The minimum atomic E-state index is -0.0139. The number of nitrogens with zero attached hydrogens (tertiary/aromatic N) is 2. The Bertz CT molecular complexity index is 234. The molecule has 3 heteroatoms. The maximum atomic E-state index is 9.86. The molecule has 3 nitrogen and oxygen atoms in total. The van der Waals surface area contributed by atoms with E-state index in [1.54, 1.807) is 0 Å². The maximum Gasteiger partial charge on any atom is 0.0568 e. The quantitative estimate of drug-likeness (QED) is 0.811. The van der Waals surface area contributed by atoms with Crippen LogP contribution in [0.3, 0.4) is 0 Å². The standard InChI is InChI=1S/C14H28N2O/c1-12-11-15(2)8-4-9-16(12)10-7-13-5-3-6-14(13)17/h12-14,17H,3-11H2,1-2H3. The summed E-state index contributed by atoms with van der Waals surface area (Å²) in [5.41, 5.74) is 0. The summed E-state index contributed by atoms with van der Waals surface area (Å²) in [7, 11) is 2.22. The third kappa shape index (κ3) is 3.67. The predicted molar refractivity (Wildman–Crippen MR) is 71.1 cm³/mol. The lowest BCUT2D eigenvalue weighted by Crippen LogP contribution is -2.39. The zero-order valence-corrected chi connectivity index (χ0v) is 11.4. The number of hydrogen-bond acceptors (Lipinski definition) is 3. The van der Waals surface area contributed by atoms with Gasteiger partial charge in [0.1, 0.15) is 0 Å². The van der Waals surface area contributed by atoms with Crippen molar-refractivity contribution in [2.24, 2.45) is 5.92 Å². The Hall–Kier alpha value is -0.120. The van der Waals surface area contributed by atoms with Crippen LogP contribution in [-0.2, 0) is 0 Å². The van der Waals surface area contributed by atoms with Gasteiger partial charge in [0.25, 0.3) is 0 Å². The topological polar surface area (TPSA) is 26.7 Å². The van der Waals surface area contributed by atoms with Gasteiger partial charge in [0.05, 0.1) is 6.10 Å². The van der Waals surface area contributed by atoms with Gasteiger partial charge in [0.15, 0.2) is 0 Å². The molecule has 1 aliphatic carbocycles. The zero-order valence-electron chi connectivity index (χ0n) is 11.4. The van der Waals surface area contributed by atoms with Gasteiger partial charge in [-0.3, -0.25) is 4.90 Å². The average molecular weight is 240 g/mol. The van der Waals surface area contributed by atoms with Crippen LogP contribution in [0.15, 0.2) is 0 Å². The van der Waals surface area contributed by atoms with E-state index in [-0.39, 0.29) is 6.10 Å². The van der Waals surface area contributed by atoms with Crippen LogP contribution in [0.1, 0.15) is 39.0 Å². The smallest absolute Gasteiger partial charge is 0.0568 e. The highest BCUT2D eigenvalue weighted by Crippen LogP contribution is 2.28. The van der Waals surface area contributed by atoms with Gasteiger partial charge in [-0.1, -0.05) is 6.42 Å². The molecule has 1 saturated heterocycles. The summed E-state index contributed by atoms with van der Waals surface area (Å²) in [5.74, 6) is 0.572. The van der Waals surface area contributed by atoms with E-state index in [0.717, 1.165) is 6.42 Å². The van der Waals surface area contributed by atoms with E-state index in [1.165, 1.54) is 51.9 Å². The molecule has 0 aromatic carbocycles. The Balaban J connectivity index is 1.77. The summed E-state index contributed by atoms with van der Waals surface area (Å²) in [6, 6.07) is 0.668. The molecule has 3 unspecified atom stereocenters. The van der Waals surface area contributed by atoms with Crippen LogP contribution in [0.4, 0.5) is 0 Å². The van der Waals surface area contributed by atoms with Crippen molar-refractivity contribution in [1.29, 1.82) is 0 Å². The Morgan fingerprint density at radius 2 is 2.00 bits per heavy atom. The summed E-state index contributed by atoms with van der Waals surface area (Å²) < 4.78 is 0. The fourth-order valence-corrected chi connectivity index (χ4v) is 3.44. The van der Waals surface area contributed by atoms with Crippen LogP contribution >= 0.6 is 0 Å². The van der Waals surface area contributed by atoms with Crippen LogP contribution in [0.25, 0.3) is 0 Å². The Morgan fingerprint density at radius 1 is 1.18 bits per heavy atom. The van der Waals surface area contributed by atoms with E-state index in [2.05, 4.69) is 23.8 Å². The molecule has 0 bridgehead atoms. The Labute approximate surface area is 106 Å². The number of aliphatic hydroxyl groups is 1. The Morgan fingerprint density at radius 3 is 2.71 bits per heavy atom. The molecule has 0 amide bonds. The third-order valence-electron chi connectivity index (χ3n) is 4.59. The lowest BCUT2D eigenvalue weighted by molar-refractivity contribution is 0.111. The minimum Gasteiger partial charge on any atom is -0.393 e. The zero-order chi connectivity index (χ0) is 12.3. The SMILES string of the molecule is CC1CN(C)CCCN1CCC1CCCC1O. The van der Waals surface area contributed by atoms with Gasteiger partial charge < -0.3 is 10.0 Å². The molecule has 2 aliphatic rings. The first-order chi connectivity index (χ1) is 8.16. The second kappa shape index (κ2) is 6.17. The number of rotatable bonds is 3. The molecule has 0 aromatic heterocycles. The van der Waals surface area contributed by atoms with Gasteiger partial charge in [-0.15, -0.1) is 0 Å². The van der Waals surface area contributed by atoms with Gasteiger partial charge in [-0.2, -0.15) is 0 Å². The van der Waals surface area contributed by atoms with Crippen molar-refractivity contribution in [2.45, 2.75) is 51.2 Å². The van der Waals surface area contributed by atoms with Crippen molar-refractivity contribution in [2.75, 3.05) is 33.2 Å². The van der Waals surface area contributed by atoms with Crippen molar-refractivity contribution < 1.29 is 5.11 Å². The molecule has 0 aromatic rings. The molecular weight excluding hydrogens is 212 g/mol. The average Bonchev–Trinajstić information content (AvgIpc) is 2.61. The van der Waals surface area contributed by atoms with Crippen LogP contribution < -0.4 is 0 Å². The van der Waals surface area contributed by atoms with Crippen LogP contribution in [0, 0.1) is 5.92 Å². The third-order valence-corrected chi connectivity index (χ3v) is 4.59. The van der Waals surface area contributed by atoms with E-state index in [1.807, 2.05) is 0 Å². The molecule has 1 N–H and O–H groups in total. The number of hydrogen-bond donors (Lipinski definition) is 1. The van der Waals surface area contributed by atoms with E-state index < -0.39 is 0 Å². The van der Waals surface area contributed by atoms with Gasteiger partial charge in [0, 0.05) is 12.6 Å². The van der Waals surface area contributed by atoms with Crippen molar-refractivity contribution in [3.05, 3.63) is 0 Å². The molecular formula is C14H28N2O. The second-order valence-corrected chi connectivity index (χ2v) is 6.05. The molecule has 1 heterocycles. The monoisotopic (exact) mass is 240 g/mol. The van der Waals surface area contributed by atoms with Crippen molar-refractivity contribution in [3.63, 3.8) is 0 Å². The first kappa shape index (κ1) is 13.3. The molecule has 3 atom stereocenters. The summed E-state index contributed by atoms with van der Waals surface area (Å²) in [6.45, 7) is 7.16. The predicted octanol–water partition coefficient (Wildman–Crippen LogP) is 1.56. The lowest BCUT2D eigenvalue weighted by atomic mass is 10.0. The first-order valence-corrected chi connectivity index (χ1v) is 7.27. The van der Waals surface area contributed by atoms with E-state index in [0.29, 0.717) is 12.0 Å². The number of aliphatic hydroxyl groups excluding tert-OH is 1. The highest BCUT2D eigenvalue weighted by atomic mass is 16.3. The Kier molecular flexibility index (Phi) is 4.83. The fourth-order valence-electron chi connectivity index (χ4n) is 3.44. The molecule has 1 aliphatic heterocycles. The molecule has 17 heavy (non-hydrogen) atoms. The van der Waals surface area contributed by atoms with Gasteiger partial charge >= 0.3 is 0 Å². The lowest BCUT2D eigenvalue weighted by Gasteiger charge is -2.29.